The van der Waals surface area contributed by atoms with E-state index >= 15 is 0 Å². The van der Waals surface area contributed by atoms with Gasteiger partial charge in [-0.15, -0.1) is 11.8 Å². The van der Waals surface area contributed by atoms with E-state index < -0.39 is 6.10 Å². The molecule has 0 radical (unpaired) electrons. The fourth-order valence-electron chi connectivity index (χ4n) is 0.684. The first-order valence-electron chi connectivity index (χ1n) is 4.33. The van der Waals surface area contributed by atoms with Crippen molar-refractivity contribution in [1.29, 1.82) is 0 Å². The second kappa shape index (κ2) is 9.26. The third kappa shape index (κ3) is 8.31. The molecule has 0 aliphatic carbocycles. The van der Waals surface area contributed by atoms with Crippen molar-refractivity contribution >= 4 is 17.7 Å². The quantitative estimate of drug-likeness (QED) is 0.452. The summed E-state index contributed by atoms with van der Waals surface area (Å²) < 4.78 is 4.76. The van der Waals surface area contributed by atoms with Crippen LogP contribution in [0.3, 0.4) is 0 Å². The molecule has 0 rings (SSSR count). The highest BCUT2D eigenvalue weighted by Crippen LogP contribution is 2.01. The van der Waals surface area contributed by atoms with Crippen LogP contribution >= 0.6 is 11.8 Å². The zero-order valence-corrected chi connectivity index (χ0v) is 9.05. The highest BCUT2D eigenvalue weighted by Gasteiger charge is 2.04. The molecule has 1 atom stereocenters. The lowest BCUT2D eigenvalue weighted by atomic mass is 10.4. The first-order chi connectivity index (χ1) is 6.70. The second-order valence-electron chi connectivity index (χ2n) is 2.69. The van der Waals surface area contributed by atoms with Crippen LogP contribution in [0.2, 0.25) is 0 Å². The van der Waals surface area contributed by atoms with Crippen LogP contribution in [0.5, 0.6) is 0 Å². The molecule has 0 aliphatic heterocycles. The highest BCUT2D eigenvalue weighted by molar-refractivity contribution is 7.99. The summed E-state index contributed by atoms with van der Waals surface area (Å²) in [4.78, 5) is 11.1. The molecule has 0 aromatic heterocycles. The van der Waals surface area contributed by atoms with Crippen LogP contribution < -0.4 is 5.32 Å². The molecule has 0 aromatic rings. The maximum absolute atomic E-state index is 11.1. The summed E-state index contributed by atoms with van der Waals surface area (Å²) in [6.07, 6.45) is -0.744. The number of nitrogens with one attached hydrogen (secondary N) is 1. The molecule has 0 aromatic carbocycles. The van der Waals surface area contributed by atoms with Gasteiger partial charge in [0.1, 0.15) is 0 Å². The Hall–Kier alpha value is -0.300. The lowest BCUT2D eigenvalue weighted by Crippen LogP contribution is -2.29. The Morgan fingerprint density at radius 2 is 2.36 bits per heavy atom. The van der Waals surface area contributed by atoms with Gasteiger partial charge in [0.2, 0.25) is 5.91 Å². The summed E-state index contributed by atoms with van der Waals surface area (Å²) >= 11 is 1.29. The topological polar surface area (TPSA) is 78.8 Å². The Morgan fingerprint density at radius 1 is 1.64 bits per heavy atom. The number of aliphatic hydroxyl groups is 2. The summed E-state index contributed by atoms with van der Waals surface area (Å²) in [5.74, 6) is 0.576. The maximum atomic E-state index is 11.1. The van der Waals surface area contributed by atoms with Gasteiger partial charge in [0, 0.05) is 19.4 Å². The minimum absolute atomic E-state index is 0.0859. The number of carbonyl (C=O) groups is 1. The molecule has 0 heterocycles. The van der Waals surface area contributed by atoms with E-state index in [0.29, 0.717) is 24.7 Å². The normalized spacial score (nSPS) is 12.5. The third-order valence-corrected chi connectivity index (χ3v) is 2.47. The number of ether oxygens (including phenoxy) is 1. The lowest BCUT2D eigenvalue weighted by Gasteiger charge is -2.06. The summed E-state index contributed by atoms with van der Waals surface area (Å²) in [7, 11) is 1.57. The number of amides is 1. The van der Waals surface area contributed by atoms with E-state index in [1.807, 2.05) is 0 Å². The molecule has 0 saturated carbocycles. The van der Waals surface area contributed by atoms with Gasteiger partial charge >= 0.3 is 0 Å². The summed E-state index contributed by atoms with van der Waals surface area (Å²) in [5, 5.41) is 20.1. The number of carbonyl (C=O) groups excluding carboxylic acids is 1. The molecule has 5 nitrogen and oxygen atoms in total. The Morgan fingerprint density at radius 3 is 2.93 bits per heavy atom. The van der Waals surface area contributed by atoms with Crippen molar-refractivity contribution in [3.05, 3.63) is 0 Å². The standard InChI is InChI=1S/C8H17NO4S/c1-13-3-2-9-8(12)6-14-5-7(11)4-10/h7,10-11H,2-6H2,1H3,(H,9,12). The Bertz CT molecular complexity index is 156. The highest BCUT2D eigenvalue weighted by atomic mass is 32.2. The molecule has 0 saturated heterocycles. The van der Waals surface area contributed by atoms with Crippen LogP contribution in [0.1, 0.15) is 0 Å². The number of methoxy groups -OCH3 is 1. The number of thioether (sulfide) groups is 1. The molecule has 0 spiro atoms. The predicted octanol–water partition coefficient (Wildman–Crippen LogP) is -1.16. The Kier molecular flexibility index (Phi) is 9.06. The van der Waals surface area contributed by atoms with Crippen molar-refractivity contribution in [1.82, 2.24) is 5.32 Å². The molecular weight excluding hydrogens is 206 g/mol. The molecule has 1 unspecified atom stereocenters. The van der Waals surface area contributed by atoms with Gasteiger partial charge in [0.05, 0.1) is 25.1 Å². The van der Waals surface area contributed by atoms with E-state index in [1.54, 1.807) is 7.11 Å². The number of hydrogen-bond acceptors (Lipinski definition) is 5. The summed E-state index contributed by atoms with van der Waals surface area (Å²) in [5.41, 5.74) is 0. The van der Waals surface area contributed by atoms with Crippen molar-refractivity contribution in [3.63, 3.8) is 0 Å². The van der Waals surface area contributed by atoms with E-state index in [-0.39, 0.29) is 12.5 Å². The number of hydrogen-bond donors (Lipinski definition) is 3. The minimum Gasteiger partial charge on any atom is -0.394 e. The molecule has 6 heteroatoms. The fourth-order valence-corrected chi connectivity index (χ4v) is 1.47. The van der Waals surface area contributed by atoms with Crippen molar-refractivity contribution in [2.75, 3.05) is 38.4 Å². The van der Waals surface area contributed by atoms with E-state index in [2.05, 4.69) is 5.32 Å². The van der Waals surface area contributed by atoms with Crippen molar-refractivity contribution in [2.24, 2.45) is 0 Å². The molecule has 0 aliphatic rings. The van der Waals surface area contributed by atoms with E-state index in [9.17, 15) is 4.79 Å². The Balaban J connectivity index is 3.26. The molecule has 1 amide bonds. The predicted molar refractivity (Wildman–Crippen MR) is 55.3 cm³/mol. The van der Waals surface area contributed by atoms with Crippen LogP contribution in [0.25, 0.3) is 0 Å². The maximum Gasteiger partial charge on any atom is 0.230 e. The molecule has 0 bridgehead atoms. The zero-order chi connectivity index (χ0) is 10.8. The van der Waals surface area contributed by atoms with E-state index in [0.717, 1.165) is 0 Å². The van der Waals surface area contributed by atoms with Gasteiger partial charge in [-0.25, -0.2) is 0 Å². The van der Waals surface area contributed by atoms with Gasteiger partial charge in [0.25, 0.3) is 0 Å². The minimum atomic E-state index is -0.744. The van der Waals surface area contributed by atoms with Gasteiger partial charge < -0.3 is 20.3 Å². The average molecular weight is 223 g/mol. The fraction of sp³-hybridized carbons (Fsp3) is 0.875. The average Bonchev–Trinajstić information content (AvgIpc) is 2.18. The monoisotopic (exact) mass is 223 g/mol. The summed E-state index contributed by atoms with van der Waals surface area (Å²) in [6.45, 7) is 0.729. The largest absolute Gasteiger partial charge is 0.394 e. The van der Waals surface area contributed by atoms with Crippen LogP contribution in [0, 0.1) is 0 Å². The first kappa shape index (κ1) is 13.7. The zero-order valence-electron chi connectivity index (χ0n) is 8.23. The molecule has 14 heavy (non-hydrogen) atoms. The molecule has 0 fully saturated rings. The molecular formula is C8H17NO4S. The van der Waals surface area contributed by atoms with Crippen LogP contribution in [0.15, 0.2) is 0 Å². The van der Waals surface area contributed by atoms with Crippen LogP contribution in [-0.2, 0) is 9.53 Å². The second-order valence-corrected chi connectivity index (χ2v) is 3.72. The molecule has 3 N–H and O–H groups in total. The first-order valence-corrected chi connectivity index (χ1v) is 5.48. The van der Waals surface area contributed by atoms with Gasteiger partial charge in [-0.05, 0) is 0 Å². The van der Waals surface area contributed by atoms with Crippen LogP contribution in [0.4, 0.5) is 0 Å². The van der Waals surface area contributed by atoms with E-state index in [1.165, 1.54) is 11.8 Å². The van der Waals surface area contributed by atoms with E-state index in [4.69, 9.17) is 14.9 Å². The smallest absolute Gasteiger partial charge is 0.230 e. The van der Waals surface area contributed by atoms with Crippen molar-refractivity contribution in [2.45, 2.75) is 6.10 Å². The lowest BCUT2D eigenvalue weighted by molar-refractivity contribution is -0.118. The SMILES string of the molecule is COCCNC(=O)CSCC(O)CO. The Labute approximate surface area is 87.8 Å². The van der Waals surface area contributed by atoms with Crippen LogP contribution in [-0.4, -0.2) is 60.6 Å². The summed E-state index contributed by atoms with van der Waals surface area (Å²) in [6, 6.07) is 0. The number of aliphatic hydroxyl groups excluding tert-OH is 2. The molecule has 84 valence electrons. The van der Waals surface area contributed by atoms with Gasteiger partial charge in [-0.3, -0.25) is 4.79 Å². The van der Waals surface area contributed by atoms with Gasteiger partial charge in [-0.2, -0.15) is 0 Å². The van der Waals surface area contributed by atoms with Crippen molar-refractivity contribution < 1.29 is 19.7 Å². The van der Waals surface area contributed by atoms with Gasteiger partial charge in [0.15, 0.2) is 0 Å². The number of rotatable bonds is 8. The van der Waals surface area contributed by atoms with Crippen molar-refractivity contribution in [3.8, 4) is 0 Å². The van der Waals surface area contributed by atoms with Gasteiger partial charge in [-0.1, -0.05) is 0 Å². The third-order valence-electron chi connectivity index (χ3n) is 1.38.